The van der Waals surface area contributed by atoms with E-state index in [1.807, 2.05) is 18.2 Å². The minimum absolute atomic E-state index is 0. The van der Waals surface area contributed by atoms with E-state index in [2.05, 4.69) is 17.2 Å². The molecule has 1 amide bonds. The molecule has 20 heavy (non-hydrogen) atoms. The Bertz CT molecular complexity index is 413. The third-order valence-electron chi connectivity index (χ3n) is 2.25. The number of rotatable bonds is 9. The molecule has 0 atom stereocenters. The maximum Gasteiger partial charge on any atom is 0.238 e. The number of halogens is 1. The summed E-state index contributed by atoms with van der Waals surface area (Å²) in [6, 6.07) is 7.24. The molecule has 0 aliphatic heterocycles. The van der Waals surface area contributed by atoms with Crippen molar-refractivity contribution >= 4 is 24.0 Å². The molecule has 0 fully saturated rings. The highest BCUT2D eigenvalue weighted by molar-refractivity contribution is 5.92. The number of hydrogen-bond acceptors (Lipinski definition) is 4. The third kappa shape index (κ3) is 7.78. The molecule has 5 nitrogen and oxygen atoms in total. The van der Waals surface area contributed by atoms with E-state index in [4.69, 9.17) is 9.47 Å². The van der Waals surface area contributed by atoms with E-state index in [-0.39, 0.29) is 24.9 Å². The van der Waals surface area contributed by atoms with Crippen molar-refractivity contribution in [3.05, 3.63) is 36.9 Å². The average molecular weight is 301 g/mol. The normalized spacial score (nSPS) is 9.45. The van der Waals surface area contributed by atoms with Gasteiger partial charge in [0.2, 0.25) is 5.91 Å². The van der Waals surface area contributed by atoms with Crippen molar-refractivity contribution in [2.75, 3.05) is 38.7 Å². The van der Waals surface area contributed by atoms with Crippen LogP contribution >= 0.6 is 12.4 Å². The fraction of sp³-hybridized carbons (Fsp3) is 0.357. The molecule has 0 unspecified atom stereocenters. The Morgan fingerprint density at radius 2 is 2.25 bits per heavy atom. The van der Waals surface area contributed by atoms with Crippen molar-refractivity contribution in [3.63, 3.8) is 0 Å². The second-order valence-electron chi connectivity index (χ2n) is 3.85. The Morgan fingerprint density at radius 1 is 1.45 bits per heavy atom. The van der Waals surface area contributed by atoms with Crippen molar-refractivity contribution in [3.8, 4) is 5.75 Å². The molecule has 112 valence electrons. The lowest BCUT2D eigenvalue weighted by molar-refractivity contribution is -0.115. The zero-order chi connectivity index (χ0) is 13.9. The standard InChI is InChI=1S/C14H20N2O3.ClH/c1-3-8-19-13-6-4-5-12(10-13)16-14(17)11-15-7-9-18-2;/h3-6,10,15H,1,7-9,11H2,2H3,(H,16,17);1H. The highest BCUT2D eigenvalue weighted by Crippen LogP contribution is 2.17. The van der Waals surface area contributed by atoms with Crippen LogP contribution in [0.3, 0.4) is 0 Å². The van der Waals surface area contributed by atoms with Crippen LogP contribution in [0.2, 0.25) is 0 Å². The molecule has 0 aliphatic carbocycles. The lowest BCUT2D eigenvalue weighted by Gasteiger charge is -2.08. The molecule has 1 rings (SSSR count). The van der Waals surface area contributed by atoms with E-state index in [0.717, 1.165) is 0 Å². The molecule has 0 heterocycles. The molecule has 1 aromatic rings. The van der Waals surface area contributed by atoms with E-state index in [9.17, 15) is 4.79 Å². The number of amides is 1. The Labute approximate surface area is 125 Å². The maximum absolute atomic E-state index is 11.6. The number of hydrogen-bond donors (Lipinski definition) is 2. The van der Waals surface area contributed by atoms with Crippen molar-refractivity contribution in [2.24, 2.45) is 0 Å². The second kappa shape index (κ2) is 11.3. The van der Waals surface area contributed by atoms with Crippen LogP contribution in [-0.2, 0) is 9.53 Å². The first-order valence-corrected chi connectivity index (χ1v) is 6.09. The molecule has 0 radical (unpaired) electrons. The second-order valence-corrected chi connectivity index (χ2v) is 3.85. The van der Waals surface area contributed by atoms with Gasteiger partial charge in [0.25, 0.3) is 0 Å². The Hall–Kier alpha value is -1.56. The van der Waals surface area contributed by atoms with E-state index < -0.39 is 0 Å². The van der Waals surface area contributed by atoms with Crippen LogP contribution in [0.5, 0.6) is 5.75 Å². The minimum Gasteiger partial charge on any atom is -0.489 e. The van der Waals surface area contributed by atoms with Gasteiger partial charge in [-0.3, -0.25) is 4.79 Å². The van der Waals surface area contributed by atoms with Gasteiger partial charge in [-0.1, -0.05) is 18.7 Å². The summed E-state index contributed by atoms with van der Waals surface area (Å²) in [4.78, 5) is 11.6. The predicted molar refractivity (Wildman–Crippen MR) is 82.8 cm³/mol. The summed E-state index contributed by atoms with van der Waals surface area (Å²) < 4.78 is 10.3. The quantitative estimate of drug-likeness (QED) is 0.540. The largest absolute Gasteiger partial charge is 0.489 e. The van der Waals surface area contributed by atoms with Crippen molar-refractivity contribution < 1.29 is 14.3 Å². The highest BCUT2D eigenvalue weighted by atomic mass is 35.5. The summed E-state index contributed by atoms with van der Waals surface area (Å²) in [5, 5.41) is 5.76. The Balaban J connectivity index is 0.00000361. The molecule has 0 spiro atoms. The Morgan fingerprint density at radius 3 is 2.95 bits per heavy atom. The van der Waals surface area contributed by atoms with Gasteiger partial charge in [-0.15, -0.1) is 12.4 Å². The lowest BCUT2D eigenvalue weighted by Crippen LogP contribution is -2.30. The third-order valence-corrected chi connectivity index (χ3v) is 2.25. The van der Waals surface area contributed by atoms with Crippen LogP contribution in [-0.4, -0.2) is 39.3 Å². The van der Waals surface area contributed by atoms with Gasteiger partial charge in [0.05, 0.1) is 13.2 Å². The molecule has 0 aromatic heterocycles. The molecule has 0 bridgehead atoms. The molecule has 0 saturated heterocycles. The minimum atomic E-state index is -0.100. The van der Waals surface area contributed by atoms with E-state index >= 15 is 0 Å². The zero-order valence-electron chi connectivity index (χ0n) is 11.6. The first-order valence-electron chi connectivity index (χ1n) is 6.09. The van der Waals surface area contributed by atoms with Crippen LogP contribution in [0.4, 0.5) is 5.69 Å². The van der Waals surface area contributed by atoms with E-state index in [1.165, 1.54) is 0 Å². The number of ether oxygens (including phenoxy) is 2. The fourth-order valence-electron chi connectivity index (χ4n) is 1.40. The molecular weight excluding hydrogens is 280 g/mol. The van der Waals surface area contributed by atoms with Crippen molar-refractivity contribution in [2.45, 2.75) is 0 Å². The van der Waals surface area contributed by atoms with Crippen molar-refractivity contribution in [1.29, 1.82) is 0 Å². The van der Waals surface area contributed by atoms with E-state index in [0.29, 0.717) is 31.2 Å². The number of benzene rings is 1. The van der Waals surface area contributed by atoms with Crippen LogP contribution in [0.15, 0.2) is 36.9 Å². The number of carbonyl (C=O) groups is 1. The molecular formula is C14H21ClN2O3. The van der Waals surface area contributed by atoms with Gasteiger partial charge < -0.3 is 20.1 Å². The zero-order valence-corrected chi connectivity index (χ0v) is 12.4. The SMILES string of the molecule is C=CCOc1cccc(NC(=O)CNCCOC)c1.Cl. The van der Waals surface area contributed by atoms with Gasteiger partial charge >= 0.3 is 0 Å². The highest BCUT2D eigenvalue weighted by Gasteiger charge is 2.02. The number of nitrogens with one attached hydrogen (secondary N) is 2. The van der Waals surface area contributed by atoms with E-state index in [1.54, 1.807) is 19.3 Å². The van der Waals surface area contributed by atoms with Crippen LogP contribution in [0.1, 0.15) is 0 Å². The first-order chi connectivity index (χ1) is 9.26. The average Bonchev–Trinajstić information content (AvgIpc) is 2.42. The summed E-state index contributed by atoms with van der Waals surface area (Å²) in [5.74, 6) is 0.599. The van der Waals surface area contributed by atoms with Gasteiger partial charge in [-0.05, 0) is 12.1 Å². The topological polar surface area (TPSA) is 59.6 Å². The number of methoxy groups -OCH3 is 1. The van der Waals surface area contributed by atoms with Crippen LogP contribution in [0.25, 0.3) is 0 Å². The summed E-state index contributed by atoms with van der Waals surface area (Å²) in [6.07, 6.45) is 1.67. The van der Waals surface area contributed by atoms with Gasteiger partial charge in [-0.2, -0.15) is 0 Å². The number of carbonyl (C=O) groups excluding carboxylic acids is 1. The predicted octanol–water partition coefficient (Wildman–Crippen LogP) is 1.85. The summed E-state index contributed by atoms with van der Waals surface area (Å²) in [5.41, 5.74) is 0.708. The summed E-state index contributed by atoms with van der Waals surface area (Å²) >= 11 is 0. The lowest BCUT2D eigenvalue weighted by atomic mass is 10.3. The molecule has 0 aliphatic rings. The number of anilines is 1. The summed E-state index contributed by atoms with van der Waals surface area (Å²) in [7, 11) is 1.62. The van der Waals surface area contributed by atoms with Crippen LogP contribution in [0, 0.1) is 0 Å². The molecule has 2 N–H and O–H groups in total. The van der Waals surface area contributed by atoms with Crippen molar-refractivity contribution in [1.82, 2.24) is 5.32 Å². The van der Waals surface area contributed by atoms with Gasteiger partial charge in [0.1, 0.15) is 12.4 Å². The smallest absolute Gasteiger partial charge is 0.238 e. The molecule has 6 heteroatoms. The van der Waals surface area contributed by atoms with Crippen LogP contribution < -0.4 is 15.4 Å². The first kappa shape index (κ1) is 18.4. The van der Waals surface area contributed by atoms with Gasteiger partial charge in [-0.25, -0.2) is 0 Å². The Kier molecular flexibility index (Phi) is 10.4. The maximum atomic E-state index is 11.6. The monoisotopic (exact) mass is 300 g/mol. The van der Waals surface area contributed by atoms with Gasteiger partial charge in [0.15, 0.2) is 0 Å². The summed E-state index contributed by atoms with van der Waals surface area (Å²) in [6.45, 7) is 5.50. The molecule has 1 aromatic carbocycles. The molecule has 0 saturated carbocycles. The fourth-order valence-corrected chi connectivity index (χ4v) is 1.40. The van der Waals surface area contributed by atoms with Gasteiger partial charge in [0, 0.05) is 25.4 Å².